The predicted molar refractivity (Wildman–Crippen MR) is 110 cm³/mol. The third-order valence-electron chi connectivity index (χ3n) is 4.26. The third kappa shape index (κ3) is 2.98. The normalized spacial score (nSPS) is 14.3. The molecule has 0 amide bonds. The van der Waals surface area contributed by atoms with E-state index in [1.165, 1.54) is 28.0 Å². The maximum absolute atomic E-state index is 11.0. The molecule has 0 saturated carbocycles. The Bertz CT molecular complexity index is 1200. The Hall–Kier alpha value is -3.10. The van der Waals surface area contributed by atoms with Crippen molar-refractivity contribution in [3.8, 4) is 11.6 Å². The fraction of sp³-hybridized carbons (Fsp3) is 0.0526. The van der Waals surface area contributed by atoms with Crippen LogP contribution in [-0.2, 0) is 0 Å². The molecule has 1 N–H and O–H groups in total. The molecule has 27 heavy (non-hydrogen) atoms. The highest BCUT2D eigenvalue weighted by Crippen LogP contribution is 2.39. The molecule has 1 aliphatic rings. The summed E-state index contributed by atoms with van der Waals surface area (Å²) in [4.78, 5) is 15.7. The molecule has 0 radical (unpaired) electrons. The molecule has 1 aliphatic heterocycles. The van der Waals surface area contributed by atoms with Crippen molar-refractivity contribution in [3.63, 3.8) is 0 Å². The summed E-state index contributed by atoms with van der Waals surface area (Å²) < 4.78 is 1.84. The van der Waals surface area contributed by atoms with Crippen molar-refractivity contribution in [2.24, 2.45) is 4.99 Å². The van der Waals surface area contributed by atoms with E-state index in [0.717, 1.165) is 22.5 Å². The molecule has 0 atom stereocenters. The fourth-order valence-corrected chi connectivity index (χ4v) is 4.29. The first-order valence-electron chi connectivity index (χ1n) is 8.02. The Morgan fingerprint density at radius 1 is 1.26 bits per heavy atom. The van der Waals surface area contributed by atoms with Gasteiger partial charge in [0, 0.05) is 29.0 Å². The summed E-state index contributed by atoms with van der Waals surface area (Å²) in [6, 6.07) is 13.8. The van der Waals surface area contributed by atoms with E-state index in [-0.39, 0.29) is 11.6 Å². The second kappa shape index (κ2) is 6.57. The molecule has 0 saturated heterocycles. The van der Waals surface area contributed by atoms with Crippen molar-refractivity contribution < 1.29 is 10.0 Å². The second-order valence-electron chi connectivity index (χ2n) is 5.94. The molecule has 2 heterocycles. The van der Waals surface area contributed by atoms with E-state index in [9.17, 15) is 15.2 Å². The number of nitro groups is 1. The zero-order valence-electron chi connectivity index (χ0n) is 14.1. The van der Waals surface area contributed by atoms with Gasteiger partial charge in [0.05, 0.1) is 21.2 Å². The number of aliphatic imine (C=N–C) groups is 1. The Morgan fingerprint density at radius 2 is 2.04 bits per heavy atom. The van der Waals surface area contributed by atoms with Gasteiger partial charge in [-0.2, -0.15) is 0 Å². The molecule has 0 spiro atoms. The predicted octanol–water partition coefficient (Wildman–Crippen LogP) is 5.53. The average molecular weight is 395 g/mol. The number of nitro benzene ring substituents is 1. The van der Waals surface area contributed by atoms with E-state index < -0.39 is 4.92 Å². The van der Waals surface area contributed by atoms with Gasteiger partial charge in [0.25, 0.3) is 5.69 Å². The van der Waals surface area contributed by atoms with Crippen LogP contribution >= 0.6 is 23.6 Å². The molecule has 0 fully saturated rings. The van der Waals surface area contributed by atoms with Gasteiger partial charge in [-0.05, 0) is 37.4 Å². The first-order valence-corrected chi connectivity index (χ1v) is 9.24. The van der Waals surface area contributed by atoms with Crippen LogP contribution in [0.5, 0.6) is 5.88 Å². The van der Waals surface area contributed by atoms with Crippen molar-refractivity contribution in [1.29, 1.82) is 0 Å². The van der Waals surface area contributed by atoms with Gasteiger partial charge in [0.1, 0.15) is 0 Å². The van der Waals surface area contributed by atoms with E-state index in [4.69, 9.17) is 12.2 Å². The lowest BCUT2D eigenvalue weighted by Gasteiger charge is -2.05. The minimum Gasteiger partial charge on any atom is -0.493 e. The lowest BCUT2D eigenvalue weighted by molar-refractivity contribution is -0.384. The Morgan fingerprint density at radius 3 is 2.81 bits per heavy atom. The van der Waals surface area contributed by atoms with Gasteiger partial charge in [-0.25, -0.2) is 0 Å². The highest BCUT2D eigenvalue weighted by Gasteiger charge is 2.20. The number of non-ortho nitro benzene ring substituents is 1. The molecule has 8 heteroatoms. The van der Waals surface area contributed by atoms with Gasteiger partial charge in [-0.3, -0.25) is 19.7 Å². The van der Waals surface area contributed by atoms with Crippen molar-refractivity contribution in [2.75, 3.05) is 0 Å². The number of rotatable bonds is 3. The lowest BCUT2D eigenvalue weighted by atomic mass is 10.0. The first kappa shape index (κ1) is 17.3. The van der Waals surface area contributed by atoms with Gasteiger partial charge in [0.2, 0.25) is 5.88 Å². The Balaban J connectivity index is 1.84. The highest BCUT2D eigenvalue weighted by molar-refractivity contribution is 7.73. The lowest BCUT2D eigenvalue weighted by Crippen LogP contribution is -1.95. The molecule has 3 aromatic rings. The zero-order valence-corrected chi connectivity index (χ0v) is 15.8. The number of benzene rings is 2. The van der Waals surface area contributed by atoms with Crippen LogP contribution in [0.1, 0.15) is 17.4 Å². The van der Waals surface area contributed by atoms with Crippen molar-refractivity contribution in [2.45, 2.75) is 6.92 Å². The van der Waals surface area contributed by atoms with E-state index in [1.54, 1.807) is 12.1 Å². The summed E-state index contributed by atoms with van der Waals surface area (Å²) in [5, 5.41) is 21.8. The van der Waals surface area contributed by atoms with Crippen LogP contribution in [0.25, 0.3) is 17.3 Å². The van der Waals surface area contributed by atoms with Gasteiger partial charge in [-0.1, -0.05) is 24.3 Å². The maximum atomic E-state index is 11.0. The molecular formula is C19H13N3O3S2. The SMILES string of the molecule is CC1=Nc2ccccc2/C1=C/c1sc(=S)n(-c2cccc([N+](=O)[O-])c2)c1O. The van der Waals surface area contributed by atoms with Crippen LogP contribution in [-0.4, -0.2) is 20.3 Å². The van der Waals surface area contributed by atoms with Crippen LogP contribution in [0.4, 0.5) is 11.4 Å². The smallest absolute Gasteiger partial charge is 0.271 e. The van der Waals surface area contributed by atoms with E-state index in [0.29, 0.717) is 14.5 Å². The molecular weight excluding hydrogens is 382 g/mol. The van der Waals surface area contributed by atoms with E-state index in [2.05, 4.69) is 4.99 Å². The minimum absolute atomic E-state index is 0.0461. The van der Waals surface area contributed by atoms with E-state index in [1.807, 2.05) is 37.3 Å². The van der Waals surface area contributed by atoms with Crippen molar-refractivity contribution >= 4 is 52.3 Å². The zero-order chi connectivity index (χ0) is 19.1. The number of para-hydroxylation sites is 1. The Labute approximate surface area is 163 Å². The summed E-state index contributed by atoms with van der Waals surface area (Å²) >= 11 is 6.63. The summed E-state index contributed by atoms with van der Waals surface area (Å²) in [6.07, 6.45) is 1.86. The number of thiazole rings is 1. The Kier molecular flexibility index (Phi) is 4.21. The molecule has 0 aliphatic carbocycles. The number of aromatic nitrogens is 1. The molecule has 1 aromatic heterocycles. The minimum atomic E-state index is -0.477. The third-order valence-corrected chi connectivity index (χ3v) is 5.57. The quantitative estimate of drug-likeness (QED) is 0.359. The van der Waals surface area contributed by atoms with Crippen LogP contribution in [0, 0.1) is 14.1 Å². The standard InChI is InChI=1S/C19H13N3O3S2/c1-11-15(14-7-2-3-8-16(14)20-11)10-17-18(23)21(19(26)27-17)12-5-4-6-13(9-12)22(24)25/h2-10,23H,1H3/b15-10+. The maximum Gasteiger partial charge on any atom is 0.271 e. The topological polar surface area (TPSA) is 80.7 Å². The molecule has 0 bridgehead atoms. The van der Waals surface area contributed by atoms with Crippen molar-refractivity contribution in [3.05, 3.63) is 73.0 Å². The molecule has 134 valence electrons. The average Bonchev–Trinajstić information content (AvgIpc) is 3.11. The number of hydrogen-bond acceptors (Lipinski definition) is 6. The molecule has 0 unspecified atom stereocenters. The summed E-state index contributed by atoms with van der Waals surface area (Å²) in [6.45, 7) is 1.92. The van der Waals surface area contributed by atoms with Gasteiger partial charge in [-0.15, -0.1) is 11.3 Å². The number of aromatic hydroxyl groups is 1. The monoisotopic (exact) mass is 395 g/mol. The number of nitrogens with zero attached hydrogens (tertiary/aromatic N) is 3. The van der Waals surface area contributed by atoms with Crippen LogP contribution in [0.15, 0.2) is 53.5 Å². The second-order valence-corrected chi connectivity index (χ2v) is 7.62. The van der Waals surface area contributed by atoms with E-state index >= 15 is 0 Å². The molecule has 6 nitrogen and oxygen atoms in total. The van der Waals surface area contributed by atoms with Crippen LogP contribution in [0.3, 0.4) is 0 Å². The number of fused-ring (bicyclic) bond motifs is 1. The van der Waals surface area contributed by atoms with Crippen LogP contribution in [0.2, 0.25) is 0 Å². The number of hydrogen-bond donors (Lipinski definition) is 1. The molecule has 2 aromatic carbocycles. The van der Waals surface area contributed by atoms with Crippen LogP contribution < -0.4 is 0 Å². The summed E-state index contributed by atoms with van der Waals surface area (Å²) in [5.74, 6) is -0.0461. The van der Waals surface area contributed by atoms with Gasteiger partial charge < -0.3 is 5.11 Å². The van der Waals surface area contributed by atoms with Gasteiger partial charge in [0.15, 0.2) is 3.95 Å². The van der Waals surface area contributed by atoms with Crippen molar-refractivity contribution in [1.82, 2.24) is 4.57 Å². The molecule has 4 rings (SSSR count). The first-order chi connectivity index (χ1) is 13.0. The van der Waals surface area contributed by atoms with Gasteiger partial charge >= 0.3 is 0 Å². The number of allylic oxidation sites excluding steroid dienone is 1. The highest BCUT2D eigenvalue weighted by atomic mass is 32.1. The summed E-state index contributed by atoms with van der Waals surface area (Å²) in [7, 11) is 0. The largest absolute Gasteiger partial charge is 0.493 e. The fourth-order valence-electron chi connectivity index (χ4n) is 3.00. The summed E-state index contributed by atoms with van der Waals surface area (Å²) in [5.41, 5.74) is 4.05.